The Hall–Kier alpha value is -3.08. The van der Waals surface area contributed by atoms with Crippen LogP contribution in [-0.4, -0.2) is 59.1 Å². The first kappa shape index (κ1) is 17.3. The van der Waals surface area contributed by atoms with Gasteiger partial charge in [-0.3, -0.25) is 9.59 Å². The molecule has 2 rings (SSSR count). The Balaban J connectivity index is 1.95. The fourth-order valence-corrected chi connectivity index (χ4v) is 2.28. The standard InChI is InChI=1S/C16H19N5O3/c1-12(16(23)24)19-15(22)13(10-17)11-20-6-8-21(9-7-20)14-4-2-3-5-18-14/h2-5,11-12H,6-9H2,1H3,(H,19,22)(H,23,24)/b13-11-. The second-order valence-electron chi connectivity index (χ2n) is 5.40. The SMILES string of the molecule is CC(NC(=O)/C(C#N)=C\N1CCN(c2ccccn2)CC1)C(=O)O. The number of hydrogen-bond acceptors (Lipinski definition) is 6. The second-order valence-corrected chi connectivity index (χ2v) is 5.40. The van der Waals surface area contributed by atoms with Gasteiger partial charge in [-0.1, -0.05) is 6.07 Å². The minimum atomic E-state index is -1.15. The van der Waals surface area contributed by atoms with Gasteiger partial charge in [0.2, 0.25) is 0 Å². The third-order valence-electron chi connectivity index (χ3n) is 3.68. The van der Waals surface area contributed by atoms with E-state index in [1.807, 2.05) is 29.2 Å². The molecule has 1 aromatic heterocycles. The predicted octanol–water partition coefficient (Wildman–Crippen LogP) is 0.200. The number of amides is 1. The second kappa shape index (κ2) is 7.97. The minimum absolute atomic E-state index is 0.102. The molecule has 0 saturated carbocycles. The summed E-state index contributed by atoms with van der Waals surface area (Å²) in [5.41, 5.74) is -0.102. The van der Waals surface area contributed by atoms with Crippen LogP contribution >= 0.6 is 0 Å². The monoisotopic (exact) mass is 329 g/mol. The van der Waals surface area contributed by atoms with Crippen LogP contribution in [-0.2, 0) is 9.59 Å². The molecule has 1 saturated heterocycles. The molecule has 1 amide bonds. The van der Waals surface area contributed by atoms with Crippen molar-refractivity contribution in [3.63, 3.8) is 0 Å². The van der Waals surface area contributed by atoms with Crippen molar-refractivity contribution >= 4 is 17.7 Å². The lowest BCUT2D eigenvalue weighted by atomic mass is 10.2. The van der Waals surface area contributed by atoms with Crippen molar-refractivity contribution in [3.8, 4) is 6.07 Å². The number of carbonyl (C=O) groups is 2. The maximum absolute atomic E-state index is 11.9. The summed E-state index contributed by atoms with van der Waals surface area (Å²) in [6, 6.07) is 6.50. The van der Waals surface area contributed by atoms with Gasteiger partial charge in [-0.05, 0) is 19.1 Å². The van der Waals surface area contributed by atoms with Gasteiger partial charge in [-0.2, -0.15) is 5.26 Å². The van der Waals surface area contributed by atoms with Crippen molar-refractivity contribution in [2.24, 2.45) is 0 Å². The Morgan fingerprint density at radius 2 is 2.08 bits per heavy atom. The zero-order chi connectivity index (χ0) is 17.5. The zero-order valence-corrected chi connectivity index (χ0v) is 13.3. The van der Waals surface area contributed by atoms with Gasteiger partial charge in [0.05, 0.1) is 0 Å². The summed E-state index contributed by atoms with van der Waals surface area (Å²) in [5.74, 6) is -0.932. The number of anilines is 1. The number of hydrogen-bond donors (Lipinski definition) is 2. The molecule has 0 aromatic carbocycles. The fraction of sp³-hybridized carbons (Fsp3) is 0.375. The maximum Gasteiger partial charge on any atom is 0.325 e. The molecule has 2 heterocycles. The Morgan fingerprint density at radius 3 is 2.62 bits per heavy atom. The van der Waals surface area contributed by atoms with E-state index in [1.54, 1.807) is 6.20 Å². The van der Waals surface area contributed by atoms with Gasteiger partial charge in [-0.25, -0.2) is 4.98 Å². The summed E-state index contributed by atoms with van der Waals surface area (Å²) < 4.78 is 0. The molecule has 0 aliphatic carbocycles. The molecule has 24 heavy (non-hydrogen) atoms. The zero-order valence-electron chi connectivity index (χ0n) is 13.3. The normalized spacial score (nSPS) is 16.2. The largest absolute Gasteiger partial charge is 0.480 e. The summed E-state index contributed by atoms with van der Waals surface area (Å²) >= 11 is 0. The van der Waals surface area contributed by atoms with Crippen LogP contribution in [0.4, 0.5) is 5.82 Å². The van der Waals surface area contributed by atoms with E-state index >= 15 is 0 Å². The van der Waals surface area contributed by atoms with E-state index in [2.05, 4.69) is 15.2 Å². The lowest BCUT2D eigenvalue weighted by Gasteiger charge is -2.34. The lowest BCUT2D eigenvalue weighted by Crippen LogP contribution is -2.45. The molecule has 126 valence electrons. The van der Waals surface area contributed by atoms with Gasteiger partial charge in [0.15, 0.2) is 0 Å². The van der Waals surface area contributed by atoms with E-state index in [0.717, 1.165) is 18.9 Å². The number of nitrogens with one attached hydrogen (secondary N) is 1. The molecule has 8 heteroatoms. The molecule has 1 atom stereocenters. The van der Waals surface area contributed by atoms with Crippen LogP contribution in [0.2, 0.25) is 0 Å². The highest BCUT2D eigenvalue weighted by molar-refractivity contribution is 5.99. The van der Waals surface area contributed by atoms with E-state index in [0.29, 0.717) is 13.1 Å². The highest BCUT2D eigenvalue weighted by Crippen LogP contribution is 2.13. The van der Waals surface area contributed by atoms with Crippen molar-refractivity contribution < 1.29 is 14.7 Å². The molecule has 1 aliphatic rings. The number of nitriles is 1. The summed E-state index contributed by atoms with van der Waals surface area (Å²) in [6.07, 6.45) is 3.23. The Labute approximate surface area is 140 Å². The first-order chi connectivity index (χ1) is 11.5. The third-order valence-corrected chi connectivity index (χ3v) is 3.68. The maximum atomic E-state index is 11.9. The van der Waals surface area contributed by atoms with Gasteiger partial charge in [-0.15, -0.1) is 0 Å². The quantitative estimate of drug-likeness (QED) is 0.586. The predicted molar refractivity (Wildman–Crippen MR) is 87.0 cm³/mol. The van der Waals surface area contributed by atoms with Crippen molar-refractivity contribution in [2.45, 2.75) is 13.0 Å². The number of pyridine rings is 1. The Morgan fingerprint density at radius 1 is 1.38 bits per heavy atom. The lowest BCUT2D eigenvalue weighted by molar-refractivity contribution is -0.140. The number of carboxylic acid groups (broad SMARTS) is 1. The van der Waals surface area contributed by atoms with Crippen LogP contribution < -0.4 is 10.2 Å². The van der Waals surface area contributed by atoms with Gasteiger partial charge in [0, 0.05) is 38.6 Å². The number of carbonyl (C=O) groups excluding carboxylic acids is 1. The molecule has 1 aliphatic heterocycles. The topological polar surface area (TPSA) is 110 Å². The Kier molecular flexibility index (Phi) is 5.73. The molecule has 0 radical (unpaired) electrons. The molecule has 0 spiro atoms. The molecule has 1 fully saturated rings. The molecular formula is C16H19N5O3. The van der Waals surface area contributed by atoms with Crippen LogP contribution in [0, 0.1) is 11.3 Å². The Bertz CT molecular complexity index is 660. The number of aliphatic carboxylic acids is 1. The summed E-state index contributed by atoms with van der Waals surface area (Å²) in [5, 5.41) is 20.2. The van der Waals surface area contributed by atoms with Crippen LogP contribution in [0.15, 0.2) is 36.2 Å². The van der Waals surface area contributed by atoms with Crippen LogP contribution in [0.25, 0.3) is 0 Å². The number of aromatic nitrogens is 1. The molecular weight excluding hydrogens is 310 g/mol. The average molecular weight is 329 g/mol. The van der Waals surface area contributed by atoms with Crippen LogP contribution in [0.3, 0.4) is 0 Å². The van der Waals surface area contributed by atoms with Crippen molar-refractivity contribution in [1.82, 2.24) is 15.2 Å². The smallest absolute Gasteiger partial charge is 0.325 e. The van der Waals surface area contributed by atoms with E-state index in [-0.39, 0.29) is 5.57 Å². The van der Waals surface area contributed by atoms with E-state index in [4.69, 9.17) is 10.4 Å². The minimum Gasteiger partial charge on any atom is -0.480 e. The van der Waals surface area contributed by atoms with Crippen LogP contribution in [0.1, 0.15) is 6.92 Å². The van der Waals surface area contributed by atoms with E-state index < -0.39 is 17.9 Å². The highest BCUT2D eigenvalue weighted by atomic mass is 16.4. The van der Waals surface area contributed by atoms with Crippen molar-refractivity contribution in [2.75, 3.05) is 31.1 Å². The molecule has 8 nitrogen and oxygen atoms in total. The summed E-state index contributed by atoms with van der Waals surface area (Å²) in [6.45, 7) is 4.08. The average Bonchev–Trinajstić information content (AvgIpc) is 2.60. The van der Waals surface area contributed by atoms with E-state index in [1.165, 1.54) is 13.1 Å². The number of piperazine rings is 1. The number of nitrogens with zero attached hydrogens (tertiary/aromatic N) is 4. The molecule has 0 bridgehead atoms. The van der Waals surface area contributed by atoms with Gasteiger partial charge < -0.3 is 20.2 Å². The van der Waals surface area contributed by atoms with Crippen molar-refractivity contribution in [1.29, 1.82) is 5.26 Å². The van der Waals surface area contributed by atoms with Gasteiger partial charge in [0.1, 0.15) is 23.5 Å². The highest BCUT2D eigenvalue weighted by Gasteiger charge is 2.20. The molecule has 1 unspecified atom stereocenters. The fourth-order valence-electron chi connectivity index (χ4n) is 2.28. The van der Waals surface area contributed by atoms with Crippen molar-refractivity contribution in [3.05, 3.63) is 36.2 Å². The molecule has 1 aromatic rings. The summed E-state index contributed by atoms with van der Waals surface area (Å²) in [4.78, 5) is 31.0. The molecule has 2 N–H and O–H groups in total. The van der Waals surface area contributed by atoms with E-state index in [9.17, 15) is 9.59 Å². The first-order valence-corrected chi connectivity index (χ1v) is 7.57. The number of carboxylic acids is 1. The third kappa shape index (κ3) is 4.46. The van der Waals surface area contributed by atoms with Gasteiger partial charge in [0.25, 0.3) is 5.91 Å². The van der Waals surface area contributed by atoms with Gasteiger partial charge >= 0.3 is 5.97 Å². The first-order valence-electron chi connectivity index (χ1n) is 7.57. The van der Waals surface area contributed by atoms with Crippen LogP contribution in [0.5, 0.6) is 0 Å². The number of rotatable bonds is 5. The summed E-state index contributed by atoms with van der Waals surface area (Å²) in [7, 11) is 0.